The van der Waals surface area contributed by atoms with Crippen molar-refractivity contribution in [1.29, 1.82) is 0 Å². The Kier molecular flexibility index (Phi) is 5.99. The Morgan fingerprint density at radius 2 is 1.90 bits per heavy atom. The van der Waals surface area contributed by atoms with E-state index in [1.807, 2.05) is 30.3 Å². The molecule has 1 amide bonds. The Morgan fingerprint density at radius 1 is 1.14 bits per heavy atom. The Hall–Kier alpha value is -2.61. The van der Waals surface area contributed by atoms with Gasteiger partial charge in [0, 0.05) is 6.54 Å². The van der Waals surface area contributed by atoms with Crippen molar-refractivity contribution in [3.8, 4) is 11.5 Å². The second kappa shape index (κ2) is 8.82. The summed E-state index contributed by atoms with van der Waals surface area (Å²) in [6.07, 6.45) is 1.69. The third kappa shape index (κ3) is 4.70. The van der Waals surface area contributed by atoms with Gasteiger partial charge in [-0.2, -0.15) is 0 Å². The zero-order valence-electron chi connectivity index (χ0n) is 15.0. The number of carbonyl (C=O) groups is 1. The number of aromatic nitrogens is 2. The lowest BCUT2D eigenvalue weighted by atomic mass is 10.2. The van der Waals surface area contributed by atoms with Gasteiger partial charge in [0.2, 0.25) is 5.01 Å². The smallest absolute Gasteiger partial charge is 0.282 e. The van der Waals surface area contributed by atoms with Crippen LogP contribution in [0.1, 0.15) is 25.9 Å². The zero-order chi connectivity index (χ0) is 20.2. The number of nitrogens with one attached hydrogen (secondary N) is 1. The van der Waals surface area contributed by atoms with Crippen LogP contribution in [-0.2, 0) is 6.54 Å². The Balaban J connectivity index is 1.47. The van der Waals surface area contributed by atoms with Gasteiger partial charge in [-0.05, 0) is 29.3 Å². The molecule has 0 radical (unpaired) electrons. The first-order chi connectivity index (χ1) is 14.1. The molecule has 0 atom stereocenters. The molecule has 9 heteroatoms. The van der Waals surface area contributed by atoms with Crippen LogP contribution in [0.4, 0.5) is 0 Å². The molecule has 0 fully saturated rings. The first kappa shape index (κ1) is 19.7. The van der Waals surface area contributed by atoms with Gasteiger partial charge in [-0.1, -0.05) is 64.9 Å². The first-order valence-electron chi connectivity index (χ1n) is 8.72. The summed E-state index contributed by atoms with van der Waals surface area (Å²) in [5, 5.41) is 12.2. The van der Waals surface area contributed by atoms with Crippen LogP contribution in [0.2, 0.25) is 5.02 Å². The molecule has 0 bridgehead atoms. The van der Waals surface area contributed by atoms with E-state index >= 15 is 0 Å². The number of hydrogen-bond donors (Lipinski definition) is 1. The number of nitrogens with zero attached hydrogens (tertiary/aromatic N) is 2. The summed E-state index contributed by atoms with van der Waals surface area (Å²) in [4.78, 5) is 12.3. The third-order valence-corrected chi connectivity index (χ3v) is 5.67. The number of ether oxygens (including phenoxy) is 2. The average Bonchev–Trinajstić information content (AvgIpc) is 3.23. The summed E-state index contributed by atoms with van der Waals surface area (Å²) in [6, 6.07) is 13.1. The van der Waals surface area contributed by atoms with E-state index in [4.69, 9.17) is 32.7 Å². The van der Waals surface area contributed by atoms with Gasteiger partial charge in [0.05, 0.1) is 10.1 Å². The highest BCUT2D eigenvalue weighted by Crippen LogP contribution is 2.39. The molecule has 2 aromatic carbocycles. The predicted octanol–water partition coefficient (Wildman–Crippen LogP) is 4.63. The monoisotopic (exact) mass is 447 g/mol. The quantitative estimate of drug-likeness (QED) is 0.616. The van der Waals surface area contributed by atoms with Crippen LogP contribution in [-0.4, -0.2) is 29.3 Å². The van der Waals surface area contributed by atoms with Gasteiger partial charge >= 0.3 is 0 Å². The van der Waals surface area contributed by atoms with Crippen molar-refractivity contribution >= 4 is 51.6 Å². The topological polar surface area (TPSA) is 73.3 Å². The van der Waals surface area contributed by atoms with Crippen molar-refractivity contribution in [1.82, 2.24) is 15.5 Å². The fraction of sp³-hybridized carbons (Fsp3) is 0.150. The highest BCUT2D eigenvalue weighted by Gasteiger charge is 2.18. The summed E-state index contributed by atoms with van der Waals surface area (Å²) >= 11 is 13.8. The number of carbonyl (C=O) groups excluding carboxylic acids is 1. The molecule has 0 spiro atoms. The van der Waals surface area contributed by atoms with Crippen LogP contribution in [0.25, 0.3) is 11.1 Å². The van der Waals surface area contributed by atoms with Gasteiger partial charge in [-0.15, -0.1) is 10.2 Å². The van der Waals surface area contributed by atoms with Crippen molar-refractivity contribution in [2.45, 2.75) is 6.54 Å². The Labute approximate surface area is 181 Å². The lowest BCUT2D eigenvalue weighted by molar-refractivity contribution is 0.0950. The number of amides is 1. The van der Waals surface area contributed by atoms with Gasteiger partial charge < -0.3 is 14.8 Å². The molecule has 1 aliphatic rings. The summed E-state index contributed by atoms with van der Waals surface area (Å²) < 4.78 is 11.1. The SMILES string of the molecule is O=C(NCc1ccccc1)c1nnc(/C(Cl)=C\c2cc(Cl)c3c(c2)OCCO3)s1. The van der Waals surface area contributed by atoms with Gasteiger partial charge in [-0.25, -0.2) is 0 Å². The van der Waals surface area contributed by atoms with Gasteiger partial charge in [0.1, 0.15) is 13.2 Å². The van der Waals surface area contributed by atoms with E-state index in [-0.39, 0.29) is 10.9 Å². The van der Waals surface area contributed by atoms with E-state index in [1.54, 1.807) is 18.2 Å². The largest absolute Gasteiger partial charge is 0.486 e. The first-order valence-corrected chi connectivity index (χ1v) is 10.3. The molecular formula is C20H15Cl2N3O3S. The second-order valence-corrected chi connectivity index (χ2v) is 7.89. The maximum absolute atomic E-state index is 12.3. The van der Waals surface area contributed by atoms with E-state index < -0.39 is 0 Å². The summed E-state index contributed by atoms with van der Waals surface area (Å²) in [5.74, 6) is 0.793. The number of benzene rings is 2. The Morgan fingerprint density at radius 3 is 2.72 bits per heavy atom. The molecule has 0 saturated carbocycles. The lowest BCUT2D eigenvalue weighted by Crippen LogP contribution is -2.22. The summed E-state index contributed by atoms with van der Waals surface area (Å²) in [5.41, 5.74) is 1.73. The van der Waals surface area contributed by atoms with Gasteiger partial charge in [0.15, 0.2) is 16.5 Å². The minimum atomic E-state index is -0.301. The van der Waals surface area contributed by atoms with Gasteiger partial charge in [0.25, 0.3) is 5.91 Å². The van der Waals surface area contributed by atoms with Crippen molar-refractivity contribution in [2.24, 2.45) is 0 Å². The molecule has 1 aliphatic heterocycles. The number of rotatable bonds is 5. The van der Waals surface area contributed by atoms with Crippen molar-refractivity contribution in [3.05, 3.63) is 68.6 Å². The number of hydrogen-bond acceptors (Lipinski definition) is 6. The van der Waals surface area contributed by atoms with E-state index in [1.165, 1.54) is 0 Å². The molecule has 148 valence electrons. The molecule has 0 saturated heterocycles. The predicted molar refractivity (Wildman–Crippen MR) is 114 cm³/mol. The van der Waals surface area contributed by atoms with Crippen molar-refractivity contribution in [3.63, 3.8) is 0 Å². The van der Waals surface area contributed by atoms with Crippen LogP contribution in [0.15, 0.2) is 42.5 Å². The minimum absolute atomic E-state index is 0.239. The molecular weight excluding hydrogens is 433 g/mol. The van der Waals surface area contributed by atoms with Crippen LogP contribution < -0.4 is 14.8 Å². The maximum Gasteiger partial charge on any atom is 0.282 e. The molecule has 4 rings (SSSR count). The average molecular weight is 448 g/mol. The van der Waals surface area contributed by atoms with E-state index in [2.05, 4.69) is 15.5 Å². The second-order valence-electron chi connectivity index (χ2n) is 6.10. The fourth-order valence-electron chi connectivity index (χ4n) is 2.69. The highest BCUT2D eigenvalue weighted by atomic mass is 35.5. The molecule has 1 N–H and O–H groups in total. The van der Waals surface area contributed by atoms with E-state index in [0.717, 1.165) is 22.5 Å². The third-order valence-electron chi connectivity index (χ3n) is 4.03. The van der Waals surface area contributed by atoms with Crippen molar-refractivity contribution < 1.29 is 14.3 Å². The molecule has 1 aromatic heterocycles. The highest BCUT2D eigenvalue weighted by molar-refractivity contribution is 7.15. The zero-order valence-corrected chi connectivity index (χ0v) is 17.4. The standard InChI is InChI=1S/C20H15Cl2N3O3S/c21-14-8-13(10-16-17(14)28-7-6-27-16)9-15(22)19-24-25-20(29-19)18(26)23-11-12-4-2-1-3-5-12/h1-5,8-10H,6-7,11H2,(H,23,26)/b15-9+. The van der Waals surface area contributed by atoms with Crippen molar-refractivity contribution in [2.75, 3.05) is 13.2 Å². The normalized spacial score (nSPS) is 13.2. The number of fused-ring (bicyclic) bond motifs is 1. The lowest BCUT2D eigenvalue weighted by Gasteiger charge is -2.19. The number of halogens is 2. The molecule has 6 nitrogen and oxygen atoms in total. The molecule has 0 unspecified atom stereocenters. The minimum Gasteiger partial charge on any atom is -0.486 e. The molecule has 2 heterocycles. The molecule has 3 aromatic rings. The molecule has 29 heavy (non-hydrogen) atoms. The Bertz CT molecular complexity index is 1070. The van der Waals surface area contributed by atoms with Crippen LogP contribution in [0.5, 0.6) is 11.5 Å². The van der Waals surface area contributed by atoms with E-state index in [9.17, 15) is 4.79 Å². The molecule has 0 aliphatic carbocycles. The van der Waals surface area contributed by atoms with Crippen LogP contribution >= 0.6 is 34.5 Å². The van der Waals surface area contributed by atoms with Crippen LogP contribution in [0, 0.1) is 0 Å². The summed E-state index contributed by atoms with van der Waals surface area (Å²) in [7, 11) is 0. The fourth-order valence-corrected chi connectivity index (χ4v) is 3.91. The van der Waals surface area contributed by atoms with E-state index in [0.29, 0.717) is 46.3 Å². The van der Waals surface area contributed by atoms with Gasteiger partial charge in [-0.3, -0.25) is 4.79 Å². The van der Waals surface area contributed by atoms with Crippen LogP contribution in [0.3, 0.4) is 0 Å². The summed E-state index contributed by atoms with van der Waals surface area (Å²) in [6.45, 7) is 1.33. The maximum atomic E-state index is 12.3.